The van der Waals surface area contributed by atoms with Crippen LogP contribution in [0.1, 0.15) is 24.8 Å². The second-order valence-corrected chi connectivity index (χ2v) is 6.25. The van der Waals surface area contributed by atoms with E-state index in [-0.39, 0.29) is 0 Å². The molecule has 0 heterocycles. The summed E-state index contributed by atoms with van der Waals surface area (Å²) in [5, 5.41) is 13.2. The number of nitrogens with one attached hydrogen (secondary N) is 1. The zero-order valence-corrected chi connectivity index (χ0v) is 14.1. The van der Waals surface area contributed by atoms with E-state index >= 15 is 0 Å². The molecule has 1 fully saturated rings. The van der Waals surface area contributed by atoms with Crippen LogP contribution < -0.4 is 5.32 Å². The largest absolute Gasteiger partial charge is 0.385 e. The maximum absolute atomic E-state index is 12.2. The van der Waals surface area contributed by atoms with Gasteiger partial charge in [0.05, 0.1) is 6.04 Å². The lowest BCUT2D eigenvalue weighted by molar-refractivity contribution is -0.137. The molecule has 1 aliphatic rings. The molecule has 0 spiro atoms. The number of carbonyl (C=O) groups excluding carboxylic acids is 2. The van der Waals surface area contributed by atoms with Crippen LogP contribution in [-0.2, 0) is 20.9 Å². The Morgan fingerprint density at radius 3 is 2.71 bits per heavy atom. The molecule has 2 unspecified atom stereocenters. The summed E-state index contributed by atoms with van der Waals surface area (Å²) in [5.74, 6) is 0.105. The molecule has 2 amide bonds. The Kier molecular flexibility index (Phi) is 7.21. The van der Waals surface area contributed by atoms with Crippen molar-refractivity contribution in [3.8, 4) is 0 Å². The van der Waals surface area contributed by atoms with Gasteiger partial charge < -0.3 is 20.1 Å². The van der Waals surface area contributed by atoms with Crippen molar-refractivity contribution in [1.82, 2.24) is 10.2 Å². The Bertz CT molecular complexity index is 519. The summed E-state index contributed by atoms with van der Waals surface area (Å²) in [4.78, 5) is 25.2. The van der Waals surface area contributed by atoms with Gasteiger partial charge in [0.25, 0.3) is 5.91 Å². The third-order valence-electron chi connectivity index (χ3n) is 4.28. The van der Waals surface area contributed by atoms with Crippen molar-refractivity contribution in [2.24, 2.45) is 5.92 Å². The number of aliphatic hydroxyl groups is 1. The van der Waals surface area contributed by atoms with Crippen LogP contribution in [0.5, 0.6) is 0 Å². The molecule has 2 rings (SSSR count). The van der Waals surface area contributed by atoms with Gasteiger partial charge in [-0.25, -0.2) is 0 Å². The van der Waals surface area contributed by atoms with Gasteiger partial charge in [-0.05, 0) is 30.7 Å². The van der Waals surface area contributed by atoms with Crippen molar-refractivity contribution in [2.75, 3.05) is 20.3 Å². The lowest BCUT2D eigenvalue weighted by Crippen LogP contribution is -2.50. The molecule has 0 aliphatic heterocycles. The minimum Gasteiger partial charge on any atom is -0.385 e. The van der Waals surface area contributed by atoms with Crippen molar-refractivity contribution in [3.63, 3.8) is 0 Å². The summed E-state index contributed by atoms with van der Waals surface area (Å²) >= 11 is 0. The smallest absolute Gasteiger partial charge is 0.251 e. The fraction of sp³-hybridized carbons (Fsp3) is 0.556. The van der Waals surface area contributed by atoms with Crippen molar-refractivity contribution in [3.05, 3.63) is 35.9 Å². The van der Waals surface area contributed by atoms with Gasteiger partial charge in [0.1, 0.15) is 0 Å². The van der Waals surface area contributed by atoms with Crippen LogP contribution in [-0.4, -0.2) is 54.7 Å². The molecule has 2 atom stereocenters. The normalized spacial score (nSPS) is 16.2. The van der Waals surface area contributed by atoms with E-state index in [2.05, 4.69) is 5.32 Å². The van der Waals surface area contributed by atoms with E-state index < -0.39 is 18.1 Å². The maximum Gasteiger partial charge on any atom is 0.251 e. The van der Waals surface area contributed by atoms with Crippen LogP contribution in [0.4, 0.5) is 0 Å². The van der Waals surface area contributed by atoms with E-state index in [1.54, 1.807) is 7.11 Å². The predicted octanol–water partition coefficient (Wildman–Crippen LogP) is 0.937. The number of aliphatic hydroxyl groups excluding tert-OH is 1. The van der Waals surface area contributed by atoms with Crippen LogP contribution in [0.2, 0.25) is 0 Å². The molecule has 0 aromatic heterocycles. The van der Waals surface area contributed by atoms with Crippen LogP contribution in [0.25, 0.3) is 0 Å². The molecule has 1 aromatic rings. The fourth-order valence-electron chi connectivity index (χ4n) is 2.62. The van der Waals surface area contributed by atoms with Gasteiger partial charge in [-0.1, -0.05) is 30.3 Å². The molecular weight excluding hydrogens is 308 g/mol. The quantitative estimate of drug-likeness (QED) is 0.590. The standard InChI is InChI=1S/C18H26N2O4/c1-24-10-9-16(17(22)18(23)19-11-14-7-8-14)20(13-21)12-15-5-3-2-4-6-15/h2-6,13-14,16-17,22H,7-12H2,1H3,(H,19,23). The summed E-state index contributed by atoms with van der Waals surface area (Å²) in [6.07, 6.45) is 2.05. The van der Waals surface area contributed by atoms with Crippen LogP contribution >= 0.6 is 0 Å². The highest BCUT2D eigenvalue weighted by Crippen LogP contribution is 2.27. The number of hydrogen-bond acceptors (Lipinski definition) is 4. The van der Waals surface area contributed by atoms with Gasteiger partial charge in [0.2, 0.25) is 6.41 Å². The van der Waals surface area contributed by atoms with Gasteiger partial charge >= 0.3 is 0 Å². The first-order chi connectivity index (χ1) is 11.7. The van der Waals surface area contributed by atoms with E-state index in [0.717, 1.165) is 18.4 Å². The first-order valence-corrected chi connectivity index (χ1v) is 8.35. The van der Waals surface area contributed by atoms with Crippen LogP contribution in [0.3, 0.4) is 0 Å². The zero-order chi connectivity index (χ0) is 17.4. The Balaban J connectivity index is 2.02. The first kappa shape index (κ1) is 18.4. The lowest BCUT2D eigenvalue weighted by Gasteiger charge is -2.31. The Labute approximate surface area is 142 Å². The Morgan fingerprint density at radius 1 is 1.42 bits per heavy atom. The summed E-state index contributed by atoms with van der Waals surface area (Å²) in [5.41, 5.74) is 0.942. The molecule has 132 valence electrons. The second-order valence-electron chi connectivity index (χ2n) is 6.25. The van der Waals surface area contributed by atoms with Crippen LogP contribution in [0.15, 0.2) is 30.3 Å². The van der Waals surface area contributed by atoms with Gasteiger partial charge in [-0.3, -0.25) is 9.59 Å². The van der Waals surface area contributed by atoms with Crippen molar-refractivity contribution >= 4 is 12.3 Å². The number of methoxy groups -OCH3 is 1. The summed E-state index contributed by atoms with van der Waals surface area (Å²) in [6.45, 7) is 1.29. The topological polar surface area (TPSA) is 78.9 Å². The first-order valence-electron chi connectivity index (χ1n) is 8.35. The Morgan fingerprint density at radius 2 is 2.12 bits per heavy atom. The molecule has 1 saturated carbocycles. The number of benzene rings is 1. The summed E-state index contributed by atoms with van der Waals surface area (Å²) in [6, 6.07) is 8.87. The molecule has 0 radical (unpaired) electrons. The van der Waals surface area contributed by atoms with Crippen molar-refractivity contribution in [1.29, 1.82) is 0 Å². The Hall–Kier alpha value is -1.92. The van der Waals surface area contributed by atoms with E-state index in [1.807, 2.05) is 30.3 Å². The highest BCUT2D eigenvalue weighted by Gasteiger charge is 2.31. The van der Waals surface area contributed by atoms with E-state index in [9.17, 15) is 14.7 Å². The third kappa shape index (κ3) is 5.62. The molecule has 6 nitrogen and oxygen atoms in total. The number of ether oxygens (including phenoxy) is 1. The second kappa shape index (κ2) is 9.39. The van der Waals surface area contributed by atoms with Gasteiger partial charge in [-0.2, -0.15) is 0 Å². The monoisotopic (exact) mass is 334 g/mol. The van der Waals surface area contributed by atoms with Gasteiger partial charge in [0, 0.05) is 26.8 Å². The van der Waals surface area contributed by atoms with Crippen molar-refractivity contribution in [2.45, 2.75) is 38.0 Å². The number of rotatable bonds is 11. The van der Waals surface area contributed by atoms with Crippen molar-refractivity contribution < 1.29 is 19.4 Å². The number of carbonyl (C=O) groups is 2. The number of hydrogen-bond donors (Lipinski definition) is 2. The van der Waals surface area contributed by atoms with Crippen LogP contribution in [0, 0.1) is 5.92 Å². The fourth-order valence-corrected chi connectivity index (χ4v) is 2.62. The number of amides is 2. The average Bonchev–Trinajstić information content (AvgIpc) is 3.43. The highest BCUT2D eigenvalue weighted by molar-refractivity contribution is 5.81. The molecule has 2 N–H and O–H groups in total. The SMILES string of the molecule is COCCC(C(O)C(=O)NCC1CC1)N(C=O)Cc1ccccc1. The summed E-state index contributed by atoms with van der Waals surface area (Å²) in [7, 11) is 1.55. The molecule has 6 heteroatoms. The average molecular weight is 334 g/mol. The minimum absolute atomic E-state index is 0.339. The highest BCUT2D eigenvalue weighted by atomic mass is 16.5. The third-order valence-corrected chi connectivity index (χ3v) is 4.28. The van der Waals surface area contributed by atoms with E-state index in [1.165, 1.54) is 4.90 Å². The maximum atomic E-state index is 12.2. The van der Waals surface area contributed by atoms with Gasteiger partial charge in [0.15, 0.2) is 6.10 Å². The molecule has 24 heavy (non-hydrogen) atoms. The molecule has 0 bridgehead atoms. The van der Waals surface area contributed by atoms with E-state index in [4.69, 9.17) is 4.74 Å². The number of nitrogens with zero attached hydrogens (tertiary/aromatic N) is 1. The zero-order valence-electron chi connectivity index (χ0n) is 14.1. The summed E-state index contributed by atoms with van der Waals surface area (Å²) < 4.78 is 5.07. The molecule has 0 saturated heterocycles. The minimum atomic E-state index is -1.27. The molecule has 1 aromatic carbocycles. The molecular formula is C18H26N2O4. The van der Waals surface area contributed by atoms with E-state index in [0.29, 0.717) is 38.4 Å². The van der Waals surface area contributed by atoms with Gasteiger partial charge in [-0.15, -0.1) is 0 Å². The molecule has 1 aliphatic carbocycles. The predicted molar refractivity (Wildman–Crippen MR) is 90.1 cm³/mol. The lowest BCUT2D eigenvalue weighted by atomic mass is 10.0.